The van der Waals surface area contributed by atoms with Gasteiger partial charge in [-0.1, -0.05) is 6.92 Å². The summed E-state index contributed by atoms with van der Waals surface area (Å²) in [6.07, 6.45) is 1.10. The van der Waals surface area contributed by atoms with Crippen LogP contribution in [0.2, 0.25) is 0 Å². The summed E-state index contributed by atoms with van der Waals surface area (Å²) in [5, 5.41) is 1.85. The third kappa shape index (κ3) is 4.70. The first kappa shape index (κ1) is 9.21. The highest BCUT2D eigenvalue weighted by Crippen LogP contribution is 1.91. The van der Waals surface area contributed by atoms with E-state index in [1.54, 1.807) is 7.11 Å². The number of nitrogens with zero attached hydrogens (tertiary/aromatic N) is 1. The Morgan fingerprint density at radius 2 is 2.11 bits per heavy atom. The van der Waals surface area contributed by atoms with Crippen LogP contribution in [0.3, 0.4) is 0 Å². The lowest BCUT2D eigenvalue weighted by molar-refractivity contribution is -0.126. The molecule has 56 valence electrons. The molecule has 0 aliphatic rings. The van der Waals surface area contributed by atoms with Crippen molar-refractivity contribution in [2.24, 2.45) is 0 Å². The molecule has 0 amide bonds. The van der Waals surface area contributed by atoms with Crippen molar-refractivity contribution in [2.75, 3.05) is 26.1 Å². The van der Waals surface area contributed by atoms with Crippen molar-refractivity contribution in [2.45, 2.75) is 13.3 Å². The van der Waals surface area contributed by atoms with Gasteiger partial charge in [0.2, 0.25) is 0 Å². The van der Waals surface area contributed by atoms with Crippen molar-refractivity contribution in [3.05, 3.63) is 0 Å². The summed E-state index contributed by atoms with van der Waals surface area (Å²) in [5.41, 5.74) is 0. The molecule has 0 aliphatic heterocycles. The van der Waals surface area contributed by atoms with Crippen molar-refractivity contribution < 1.29 is 4.84 Å². The molecule has 2 nitrogen and oxygen atoms in total. The first-order chi connectivity index (χ1) is 4.35. The topological polar surface area (TPSA) is 12.5 Å². The molecule has 3 heteroatoms. The van der Waals surface area contributed by atoms with Gasteiger partial charge in [-0.25, -0.2) is 0 Å². The van der Waals surface area contributed by atoms with Gasteiger partial charge in [0, 0.05) is 19.0 Å². The molecular weight excluding hydrogens is 138 g/mol. The highest BCUT2D eigenvalue weighted by Gasteiger charge is 1.97. The highest BCUT2D eigenvalue weighted by atomic mass is 35.5. The van der Waals surface area contributed by atoms with Crippen molar-refractivity contribution in [3.8, 4) is 0 Å². The Hall–Kier alpha value is 0.210. The fourth-order valence-corrected chi connectivity index (χ4v) is 0.827. The first-order valence-corrected chi connectivity index (χ1v) is 3.73. The lowest BCUT2D eigenvalue weighted by Crippen LogP contribution is -2.25. The maximum Gasteiger partial charge on any atom is 0.0575 e. The maximum atomic E-state index is 5.49. The standard InChI is InChI=1S/C6H14ClNO/c1-3-5-8(9-2)6-4-7/h3-6H2,1-2H3. The second kappa shape index (κ2) is 6.33. The highest BCUT2D eigenvalue weighted by molar-refractivity contribution is 6.18. The van der Waals surface area contributed by atoms with Gasteiger partial charge in [-0.2, -0.15) is 5.06 Å². The number of rotatable bonds is 5. The van der Waals surface area contributed by atoms with Crippen LogP contribution in [-0.2, 0) is 4.84 Å². The Balaban J connectivity index is 3.18. The first-order valence-electron chi connectivity index (χ1n) is 3.20. The third-order valence-corrected chi connectivity index (χ3v) is 1.23. The number of hydrogen-bond donors (Lipinski definition) is 0. The van der Waals surface area contributed by atoms with Gasteiger partial charge >= 0.3 is 0 Å². The number of hydrogen-bond acceptors (Lipinski definition) is 2. The van der Waals surface area contributed by atoms with Gasteiger partial charge in [0.05, 0.1) is 7.11 Å². The summed E-state index contributed by atoms with van der Waals surface area (Å²) < 4.78 is 0. The van der Waals surface area contributed by atoms with Crippen LogP contribution in [0.15, 0.2) is 0 Å². The maximum absolute atomic E-state index is 5.49. The van der Waals surface area contributed by atoms with Crippen LogP contribution in [0.25, 0.3) is 0 Å². The van der Waals surface area contributed by atoms with Crippen molar-refractivity contribution in [1.82, 2.24) is 5.06 Å². The number of alkyl halides is 1. The minimum absolute atomic E-state index is 0.633. The van der Waals surface area contributed by atoms with Crippen molar-refractivity contribution >= 4 is 11.6 Å². The Morgan fingerprint density at radius 1 is 1.44 bits per heavy atom. The molecule has 0 radical (unpaired) electrons. The summed E-state index contributed by atoms with van der Waals surface area (Å²) in [7, 11) is 1.67. The minimum atomic E-state index is 0.633. The van der Waals surface area contributed by atoms with Crippen LogP contribution in [0.5, 0.6) is 0 Å². The summed E-state index contributed by atoms with van der Waals surface area (Å²) in [5.74, 6) is 0.633. The van der Waals surface area contributed by atoms with Crippen LogP contribution in [0.1, 0.15) is 13.3 Å². The number of hydroxylamine groups is 2. The summed E-state index contributed by atoms with van der Waals surface area (Å²) in [6, 6.07) is 0. The molecule has 0 heterocycles. The van der Waals surface area contributed by atoms with Gasteiger partial charge in [0.25, 0.3) is 0 Å². The molecule has 0 saturated heterocycles. The Bertz CT molecular complexity index is 55.0. The van der Waals surface area contributed by atoms with E-state index in [-0.39, 0.29) is 0 Å². The van der Waals surface area contributed by atoms with E-state index in [2.05, 4.69) is 6.92 Å². The van der Waals surface area contributed by atoms with Crippen LogP contribution in [-0.4, -0.2) is 31.1 Å². The zero-order valence-corrected chi connectivity index (χ0v) is 6.82. The molecule has 0 unspecified atom stereocenters. The quantitative estimate of drug-likeness (QED) is 0.436. The average molecular weight is 152 g/mol. The van der Waals surface area contributed by atoms with Crippen LogP contribution in [0.4, 0.5) is 0 Å². The van der Waals surface area contributed by atoms with E-state index in [1.807, 2.05) is 5.06 Å². The van der Waals surface area contributed by atoms with E-state index in [4.69, 9.17) is 16.4 Å². The predicted octanol–water partition coefficient (Wildman–Crippen LogP) is 1.50. The smallest absolute Gasteiger partial charge is 0.0575 e. The molecule has 0 saturated carbocycles. The van der Waals surface area contributed by atoms with Crippen molar-refractivity contribution in [3.63, 3.8) is 0 Å². The van der Waals surface area contributed by atoms with Gasteiger partial charge in [0.15, 0.2) is 0 Å². The second-order valence-electron chi connectivity index (χ2n) is 1.80. The van der Waals surface area contributed by atoms with Crippen LogP contribution in [0, 0.1) is 0 Å². The monoisotopic (exact) mass is 151 g/mol. The summed E-state index contributed by atoms with van der Waals surface area (Å²) >= 11 is 5.49. The Labute approximate surface area is 61.7 Å². The molecule has 0 fully saturated rings. The molecule has 0 aromatic rings. The molecule has 0 bridgehead atoms. The molecule has 0 aliphatic carbocycles. The normalized spacial score (nSPS) is 10.7. The second-order valence-corrected chi connectivity index (χ2v) is 2.18. The SMILES string of the molecule is CCCN(CCCl)OC. The molecular formula is C6H14ClNO. The molecule has 0 atom stereocenters. The molecule has 0 spiro atoms. The van der Waals surface area contributed by atoms with Gasteiger partial charge < -0.3 is 4.84 Å². The van der Waals surface area contributed by atoms with E-state index in [0.29, 0.717) is 5.88 Å². The lowest BCUT2D eigenvalue weighted by Gasteiger charge is -2.16. The number of halogens is 1. The largest absolute Gasteiger partial charge is 0.302 e. The predicted molar refractivity (Wildman–Crippen MR) is 39.6 cm³/mol. The van der Waals surface area contributed by atoms with Crippen LogP contribution >= 0.6 is 11.6 Å². The summed E-state index contributed by atoms with van der Waals surface area (Å²) in [6.45, 7) is 3.88. The molecule has 0 N–H and O–H groups in total. The van der Waals surface area contributed by atoms with E-state index in [1.165, 1.54) is 0 Å². The Morgan fingerprint density at radius 3 is 2.44 bits per heavy atom. The van der Waals surface area contributed by atoms with Crippen molar-refractivity contribution in [1.29, 1.82) is 0 Å². The zero-order valence-electron chi connectivity index (χ0n) is 6.06. The average Bonchev–Trinajstić information content (AvgIpc) is 1.88. The van der Waals surface area contributed by atoms with Gasteiger partial charge in [-0.3, -0.25) is 0 Å². The summed E-state index contributed by atoms with van der Waals surface area (Å²) in [4.78, 5) is 4.98. The van der Waals surface area contributed by atoms with Gasteiger partial charge in [-0.05, 0) is 6.42 Å². The fraction of sp³-hybridized carbons (Fsp3) is 1.00. The van der Waals surface area contributed by atoms with Gasteiger partial charge in [-0.15, -0.1) is 11.6 Å². The molecule has 9 heavy (non-hydrogen) atoms. The van der Waals surface area contributed by atoms with E-state index in [0.717, 1.165) is 19.5 Å². The van der Waals surface area contributed by atoms with Gasteiger partial charge in [0.1, 0.15) is 0 Å². The molecule has 0 aromatic heterocycles. The third-order valence-electron chi connectivity index (χ3n) is 1.07. The zero-order chi connectivity index (χ0) is 7.11. The molecule has 0 aromatic carbocycles. The van der Waals surface area contributed by atoms with E-state index in [9.17, 15) is 0 Å². The van der Waals surface area contributed by atoms with E-state index >= 15 is 0 Å². The fourth-order valence-electron chi connectivity index (χ4n) is 0.638. The Kier molecular flexibility index (Phi) is 6.48. The molecule has 0 rings (SSSR count). The van der Waals surface area contributed by atoms with Crippen LogP contribution < -0.4 is 0 Å². The minimum Gasteiger partial charge on any atom is -0.302 e. The van der Waals surface area contributed by atoms with E-state index < -0.39 is 0 Å². The lowest BCUT2D eigenvalue weighted by atomic mass is 10.5.